The number of carbonyl (C=O) groups excluding carboxylic acids is 2. The summed E-state index contributed by atoms with van der Waals surface area (Å²) in [4.78, 5) is 20.4. The number of hydrogen-bond acceptors (Lipinski definition) is 6. The number of allylic oxidation sites excluding steroid dienone is 2. The molecular formula is C38H12F26N2O2S2. The molecule has 0 radical (unpaired) electrons. The van der Waals surface area contributed by atoms with Crippen LogP contribution >= 0.6 is 22.7 Å². The molecule has 0 aliphatic rings. The number of Topliss-reactive ketones (excluding diaryl/α,β-unsaturated/α-hetero) is 2. The topological polar surface area (TPSA) is 81.7 Å². The second-order valence-corrected chi connectivity index (χ2v) is 16.0. The Bertz CT molecular complexity index is 2580. The van der Waals surface area contributed by atoms with Crippen LogP contribution in [-0.4, -0.2) is 83.1 Å². The summed E-state index contributed by atoms with van der Waals surface area (Å²) in [6.07, 6.45) is -15.4. The van der Waals surface area contributed by atoms with Crippen LogP contribution in [-0.2, 0) is 0 Å². The van der Waals surface area contributed by atoms with Crippen molar-refractivity contribution in [3.05, 3.63) is 93.7 Å². The van der Waals surface area contributed by atoms with E-state index >= 15 is 0 Å². The summed E-state index contributed by atoms with van der Waals surface area (Å²) in [5.74, 6) is -85.9. The predicted molar refractivity (Wildman–Crippen MR) is 188 cm³/mol. The highest BCUT2D eigenvalue weighted by atomic mass is 32.1. The van der Waals surface area contributed by atoms with Crippen LogP contribution in [0.3, 0.4) is 0 Å². The number of rotatable bonds is 16. The van der Waals surface area contributed by atoms with Crippen molar-refractivity contribution in [3.8, 4) is 33.0 Å². The Morgan fingerprint density at radius 2 is 0.586 bits per heavy atom. The number of alkyl halides is 26. The van der Waals surface area contributed by atoms with Gasteiger partial charge in [-0.1, -0.05) is 48.5 Å². The summed E-state index contributed by atoms with van der Waals surface area (Å²) >= 11 is -0.514. The molecule has 4 nitrogen and oxygen atoms in total. The van der Waals surface area contributed by atoms with E-state index in [0.29, 0.717) is 12.1 Å². The van der Waals surface area contributed by atoms with Crippen molar-refractivity contribution in [2.75, 3.05) is 0 Å². The Kier molecular flexibility index (Phi) is 14.1. The normalized spacial score (nSPS) is 14.7. The fourth-order valence-electron chi connectivity index (χ4n) is 5.50. The number of benzene rings is 2. The number of hydrogen-bond donors (Lipinski definition) is 0. The van der Waals surface area contributed by atoms with E-state index in [0.717, 1.165) is 48.5 Å². The first kappa shape index (κ1) is 56.7. The van der Waals surface area contributed by atoms with Gasteiger partial charge < -0.3 is 0 Å². The van der Waals surface area contributed by atoms with Crippen molar-refractivity contribution in [2.24, 2.45) is 0 Å². The minimum absolute atomic E-state index is 0.200. The van der Waals surface area contributed by atoms with Gasteiger partial charge in [0, 0.05) is 9.75 Å². The summed E-state index contributed by atoms with van der Waals surface area (Å²) in [6.45, 7) is 0. The maximum Gasteiger partial charge on any atom is 0.460 e. The molecule has 0 atom stereocenters. The van der Waals surface area contributed by atoms with E-state index in [4.69, 9.17) is 0 Å². The van der Waals surface area contributed by atoms with Crippen LogP contribution in [0.1, 0.15) is 30.5 Å². The molecule has 0 N–H and O–H groups in total. The second kappa shape index (κ2) is 17.4. The fourth-order valence-corrected chi connectivity index (χ4v) is 7.46. The smallest absolute Gasteiger partial charge is 0.286 e. The zero-order valence-corrected chi connectivity index (χ0v) is 33.9. The van der Waals surface area contributed by atoms with Crippen LogP contribution in [0.2, 0.25) is 0 Å². The highest BCUT2D eigenvalue weighted by Crippen LogP contribution is 2.62. The standard InChI is InChI=1S/C38H12F26N2O2S2/c39-27(40,29(43,44)31(47,48)33(51,52)35(55,56)37(59,60)61)25(67)23-11-9-21(69-23)17-5-1-15(2-6-17)19(13-65)20(14-66)16-3-7-18(8-4-16)22-10-12-24(70-22)26(68)28(41,42)30(45,46)32(49,50)34(53,54)36(57,58)38(62,63)64/h1-12H/b20-19+. The molecule has 0 spiro atoms. The van der Waals surface area contributed by atoms with Gasteiger partial charge >= 0.3 is 71.6 Å². The van der Waals surface area contributed by atoms with Crippen molar-refractivity contribution in [2.45, 2.75) is 71.6 Å². The van der Waals surface area contributed by atoms with Crippen LogP contribution in [0.4, 0.5) is 114 Å². The van der Waals surface area contributed by atoms with E-state index < -0.39 is 114 Å². The Labute approximate surface area is 377 Å². The molecule has 32 heteroatoms. The van der Waals surface area contributed by atoms with Gasteiger partial charge in [-0.05, 0) is 46.5 Å². The number of ketones is 2. The lowest BCUT2D eigenvalue weighted by Crippen LogP contribution is -2.71. The maximum atomic E-state index is 14.5. The van der Waals surface area contributed by atoms with Gasteiger partial charge in [-0.15, -0.1) is 22.7 Å². The molecule has 4 rings (SSSR count). The molecule has 0 aliphatic heterocycles. The first-order valence-corrected chi connectivity index (χ1v) is 18.9. The van der Waals surface area contributed by atoms with Crippen molar-refractivity contribution in [1.82, 2.24) is 0 Å². The summed E-state index contributed by atoms with van der Waals surface area (Å²) < 4.78 is 352. The van der Waals surface area contributed by atoms with Gasteiger partial charge in [-0.2, -0.15) is 125 Å². The van der Waals surface area contributed by atoms with E-state index in [1.54, 1.807) is 12.1 Å². The molecule has 0 saturated carbocycles. The van der Waals surface area contributed by atoms with Crippen molar-refractivity contribution in [1.29, 1.82) is 10.5 Å². The van der Waals surface area contributed by atoms with Gasteiger partial charge in [0.2, 0.25) is 11.6 Å². The van der Waals surface area contributed by atoms with Gasteiger partial charge in [0.25, 0.3) is 0 Å². The lowest BCUT2D eigenvalue weighted by Gasteiger charge is -2.39. The third-order valence-corrected chi connectivity index (χ3v) is 11.8. The molecule has 4 aromatic rings. The minimum atomic E-state index is -8.26. The first-order chi connectivity index (χ1) is 31.3. The third-order valence-electron chi connectivity index (χ3n) is 9.49. The number of nitriles is 2. The Balaban J connectivity index is 1.60. The average Bonchev–Trinajstić information content (AvgIpc) is 3.95. The summed E-state index contributed by atoms with van der Waals surface area (Å²) in [7, 11) is 0. The Hall–Kier alpha value is -5.92. The lowest BCUT2D eigenvalue weighted by molar-refractivity contribution is -0.435. The average molecular weight is 1090 g/mol. The SMILES string of the molecule is N#C/C(=C(/C#N)c1ccc(-c2ccc(C(=O)C(F)(F)C(F)(F)C(F)(F)C(F)(F)C(F)(F)C(F)(F)F)s2)cc1)c1ccc(-c2ccc(C(=O)C(F)(F)C(F)(F)C(F)(F)C(F)(F)C(F)(F)C(F)(F)F)s2)cc1. The van der Waals surface area contributed by atoms with E-state index in [1.807, 2.05) is 0 Å². The molecule has 2 aromatic heterocycles. The molecule has 0 aliphatic carbocycles. The van der Waals surface area contributed by atoms with E-state index in [2.05, 4.69) is 0 Å². The van der Waals surface area contributed by atoms with Gasteiger partial charge in [0.05, 0.1) is 20.9 Å². The molecule has 0 saturated heterocycles. The highest BCUT2D eigenvalue weighted by molar-refractivity contribution is 7.17. The predicted octanol–water partition coefficient (Wildman–Crippen LogP) is 14.9. The van der Waals surface area contributed by atoms with Crippen LogP contribution in [0.25, 0.3) is 32.0 Å². The minimum Gasteiger partial charge on any atom is -0.286 e. The van der Waals surface area contributed by atoms with Crippen LogP contribution in [0.15, 0.2) is 72.8 Å². The number of carbonyl (C=O) groups is 2. The molecule has 2 aromatic carbocycles. The summed E-state index contributed by atoms with van der Waals surface area (Å²) in [5.41, 5.74) is -1.88. The lowest BCUT2D eigenvalue weighted by atomic mass is 9.92. The maximum absolute atomic E-state index is 14.5. The van der Waals surface area contributed by atoms with Gasteiger partial charge in [-0.25, -0.2) is 0 Å². The van der Waals surface area contributed by atoms with Gasteiger partial charge in [0.1, 0.15) is 12.1 Å². The van der Waals surface area contributed by atoms with E-state index in [1.165, 1.54) is 0 Å². The van der Waals surface area contributed by atoms with Gasteiger partial charge in [0.15, 0.2) is 0 Å². The van der Waals surface area contributed by atoms with Crippen molar-refractivity contribution >= 4 is 45.4 Å². The third kappa shape index (κ3) is 8.40. The zero-order valence-electron chi connectivity index (χ0n) is 32.3. The Morgan fingerprint density at radius 3 is 0.814 bits per heavy atom. The quantitative estimate of drug-likeness (QED) is 0.0484. The van der Waals surface area contributed by atoms with Crippen LogP contribution in [0.5, 0.6) is 0 Å². The highest BCUT2D eigenvalue weighted by Gasteiger charge is 2.93. The zero-order chi connectivity index (χ0) is 54.2. The van der Waals surface area contributed by atoms with Crippen LogP contribution in [0, 0.1) is 22.7 Å². The fraction of sp³-hybridized carbons (Fsp3) is 0.316. The summed E-state index contributed by atoms with van der Waals surface area (Å²) in [5, 5.41) is 19.7. The van der Waals surface area contributed by atoms with Crippen molar-refractivity contribution < 1.29 is 124 Å². The van der Waals surface area contributed by atoms with Crippen LogP contribution < -0.4 is 0 Å². The molecule has 0 bridgehead atoms. The molecule has 380 valence electrons. The second-order valence-electron chi connectivity index (χ2n) is 13.9. The van der Waals surface area contributed by atoms with Crippen molar-refractivity contribution in [3.63, 3.8) is 0 Å². The largest absolute Gasteiger partial charge is 0.460 e. The first-order valence-electron chi connectivity index (χ1n) is 17.3. The molecule has 0 amide bonds. The van der Waals surface area contributed by atoms with E-state index in [-0.39, 0.29) is 57.1 Å². The Morgan fingerprint density at radius 1 is 0.343 bits per heavy atom. The molecule has 70 heavy (non-hydrogen) atoms. The summed E-state index contributed by atoms with van der Waals surface area (Å²) in [6, 6.07) is 12.7. The monoisotopic (exact) mass is 1090 g/mol. The number of nitrogens with zero attached hydrogens (tertiary/aromatic N) is 2. The number of halogens is 26. The van der Waals surface area contributed by atoms with Gasteiger partial charge in [-0.3, -0.25) is 9.59 Å². The number of thiophene rings is 2. The van der Waals surface area contributed by atoms with E-state index in [9.17, 15) is 134 Å². The molecular weight excluding hydrogens is 1070 g/mol. The molecule has 2 heterocycles. The molecule has 0 unspecified atom stereocenters. The molecule has 0 fully saturated rings.